The maximum absolute atomic E-state index is 9.24. The molecule has 0 radical (unpaired) electrons. The molecule has 1 atom stereocenters. The van der Waals surface area contributed by atoms with Crippen LogP contribution in [0.15, 0.2) is 12.3 Å². The third kappa shape index (κ3) is 3.19. The number of aliphatic hydroxyl groups excluding tert-OH is 1. The lowest BCUT2D eigenvalue weighted by Crippen LogP contribution is -2.13. The summed E-state index contributed by atoms with van der Waals surface area (Å²) in [7, 11) is 0. The summed E-state index contributed by atoms with van der Waals surface area (Å²) in [5.74, 6) is 0.590. The minimum Gasteiger partial charge on any atom is -0.393 e. The van der Waals surface area contributed by atoms with Gasteiger partial charge in [-0.2, -0.15) is 5.10 Å². The van der Waals surface area contributed by atoms with Crippen molar-refractivity contribution in [3.63, 3.8) is 0 Å². The largest absolute Gasteiger partial charge is 0.393 e. The Kier molecular flexibility index (Phi) is 3.48. The van der Waals surface area contributed by atoms with Crippen LogP contribution in [-0.4, -0.2) is 21.0 Å². The van der Waals surface area contributed by atoms with Crippen LogP contribution in [0.3, 0.4) is 0 Å². The summed E-state index contributed by atoms with van der Waals surface area (Å²) in [5.41, 5.74) is 1.11. The van der Waals surface area contributed by atoms with E-state index < -0.39 is 0 Å². The first kappa shape index (κ1) is 10.3. The summed E-state index contributed by atoms with van der Waals surface area (Å²) in [6.07, 6.45) is 2.19. The molecule has 1 aromatic heterocycles. The van der Waals surface area contributed by atoms with Gasteiger partial charge in [-0.05, 0) is 18.9 Å². The lowest BCUT2D eigenvalue weighted by molar-refractivity contribution is 0.191. The van der Waals surface area contributed by atoms with E-state index >= 15 is 0 Å². The van der Waals surface area contributed by atoms with E-state index in [-0.39, 0.29) is 6.10 Å². The van der Waals surface area contributed by atoms with Crippen molar-refractivity contribution in [1.29, 1.82) is 0 Å². The molecule has 0 aliphatic carbocycles. The Morgan fingerprint density at radius 1 is 1.46 bits per heavy atom. The first-order valence-electron chi connectivity index (χ1n) is 4.78. The standard InChI is InChI=1S/C10H18N2O/c1-8(2)7-12-10(4-5-11-12)6-9(3)13/h4-5,8-9,13H,6-7H2,1-3H3/t9-/m0/s1. The van der Waals surface area contributed by atoms with E-state index in [1.54, 1.807) is 13.1 Å². The van der Waals surface area contributed by atoms with Crippen LogP contribution >= 0.6 is 0 Å². The number of hydrogen-bond acceptors (Lipinski definition) is 2. The monoisotopic (exact) mass is 182 g/mol. The van der Waals surface area contributed by atoms with Gasteiger partial charge in [0.2, 0.25) is 0 Å². The maximum atomic E-state index is 9.24. The van der Waals surface area contributed by atoms with E-state index in [4.69, 9.17) is 0 Å². The fourth-order valence-corrected chi connectivity index (χ4v) is 1.35. The Morgan fingerprint density at radius 2 is 2.15 bits per heavy atom. The second kappa shape index (κ2) is 4.42. The van der Waals surface area contributed by atoms with Crippen molar-refractivity contribution in [2.45, 2.75) is 39.8 Å². The third-order valence-corrected chi connectivity index (χ3v) is 1.85. The number of aromatic nitrogens is 2. The molecule has 0 saturated carbocycles. The van der Waals surface area contributed by atoms with Gasteiger partial charge in [0.05, 0.1) is 6.10 Å². The third-order valence-electron chi connectivity index (χ3n) is 1.85. The normalized spacial score (nSPS) is 13.6. The fourth-order valence-electron chi connectivity index (χ4n) is 1.35. The average molecular weight is 182 g/mol. The van der Waals surface area contributed by atoms with Crippen LogP contribution in [0.5, 0.6) is 0 Å². The van der Waals surface area contributed by atoms with Gasteiger partial charge >= 0.3 is 0 Å². The molecule has 0 saturated heterocycles. The van der Waals surface area contributed by atoms with Crippen molar-refractivity contribution < 1.29 is 5.11 Å². The number of hydrogen-bond donors (Lipinski definition) is 1. The fraction of sp³-hybridized carbons (Fsp3) is 0.700. The van der Waals surface area contributed by atoms with Gasteiger partial charge in [-0.1, -0.05) is 13.8 Å². The lowest BCUT2D eigenvalue weighted by atomic mass is 10.2. The second-order valence-electron chi connectivity index (χ2n) is 3.95. The van der Waals surface area contributed by atoms with Gasteiger partial charge in [0.25, 0.3) is 0 Å². The van der Waals surface area contributed by atoms with E-state index in [0.717, 1.165) is 12.2 Å². The van der Waals surface area contributed by atoms with Crippen molar-refractivity contribution in [3.05, 3.63) is 18.0 Å². The quantitative estimate of drug-likeness (QED) is 0.765. The Bertz CT molecular complexity index is 229. The predicted octanol–water partition coefficient (Wildman–Crippen LogP) is 1.46. The van der Waals surface area contributed by atoms with E-state index in [0.29, 0.717) is 12.3 Å². The van der Waals surface area contributed by atoms with E-state index in [1.807, 2.05) is 10.7 Å². The van der Waals surface area contributed by atoms with E-state index in [2.05, 4.69) is 18.9 Å². The van der Waals surface area contributed by atoms with Crippen LogP contribution in [0.1, 0.15) is 26.5 Å². The van der Waals surface area contributed by atoms with Gasteiger partial charge in [0, 0.05) is 24.9 Å². The molecule has 1 aromatic rings. The molecule has 13 heavy (non-hydrogen) atoms. The highest BCUT2D eigenvalue weighted by atomic mass is 16.3. The Labute approximate surface area is 79.4 Å². The van der Waals surface area contributed by atoms with Crippen molar-refractivity contribution in [2.24, 2.45) is 5.92 Å². The smallest absolute Gasteiger partial charge is 0.0567 e. The zero-order valence-electron chi connectivity index (χ0n) is 8.57. The molecule has 1 heterocycles. The zero-order chi connectivity index (χ0) is 9.84. The molecular weight excluding hydrogens is 164 g/mol. The van der Waals surface area contributed by atoms with Crippen molar-refractivity contribution in [3.8, 4) is 0 Å². The second-order valence-corrected chi connectivity index (χ2v) is 3.95. The molecule has 0 aliphatic heterocycles. The van der Waals surface area contributed by atoms with Gasteiger partial charge in [0.15, 0.2) is 0 Å². The summed E-state index contributed by atoms with van der Waals surface area (Å²) in [6.45, 7) is 7.05. The average Bonchev–Trinajstić information content (AvgIpc) is 2.34. The summed E-state index contributed by atoms with van der Waals surface area (Å²) in [5, 5.41) is 13.5. The molecule has 0 spiro atoms. The van der Waals surface area contributed by atoms with Gasteiger partial charge in [-0.25, -0.2) is 0 Å². The van der Waals surface area contributed by atoms with Gasteiger partial charge < -0.3 is 5.11 Å². The van der Waals surface area contributed by atoms with Crippen LogP contribution < -0.4 is 0 Å². The summed E-state index contributed by atoms with van der Waals surface area (Å²) in [6, 6.07) is 1.97. The minimum absolute atomic E-state index is 0.289. The number of rotatable bonds is 4. The molecule has 3 nitrogen and oxygen atoms in total. The van der Waals surface area contributed by atoms with Crippen molar-refractivity contribution in [1.82, 2.24) is 9.78 Å². The van der Waals surface area contributed by atoms with Crippen LogP contribution in [0.2, 0.25) is 0 Å². The first-order valence-corrected chi connectivity index (χ1v) is 4.78. The molecule has 1 rings (SSSR count). The summed E-state index contributed by atoms with van der Waals surface area (Å²) < 4.78 is 1.97. The molecule has 0 amide bonds. The van der Waals surface area contributed by atoms with Gasteiger partial charge in [0.1, 0.15) is 0 Å². The van der Waals surface area contributed by atoms with Crippen molar-refractivity contribution in [2.75, 3.05) is 0 Å². The molecular formula is C10H18N2O. The molecule has 0 aliphatic rings. The highest BCUT2D eigenvalue weighted by Gasteiger charge is 2.06. The van der Waals surface area contributed by atoms with Crippen LogP contribution in [0.4, 0.5) is 0 Å². The van der Waals surface area contributed by atoms with E-state index in [1.165, 1.54) is 0 Å². The Balaban J connectivity index is 2.65. The number of nitrogens with zero attached hydrogens (tertiary/aromatic N) is 2. The molecule has 0 aromatic carbocycles. The molecule has 0 bridgehead atoms. The van der Waals surface area contributed by atoms with Crippen LogP contribution in [-0.2, 0) is 13.0 Å². The Morgan fingerprint density at radius 3 is 2.69 bits per heavy atom. The molecule has 1 N–H and O–H groups in total. The van der Waals surface area contributed by atoms with Crippen LogP contribution in [0.25, 0.3) is 0 Å². The summed E-state index contributed by atoms with van der Waals surface area (Å²) in [4.78, 5) is 0. The van der Waals surface area contributed by atoms with Crippen LogP contribution in [0, 0.1) is 5.92 Å². The van der Waals surface area contributed by atoms with Gasteiger partial charge in [-0.3, -0.25) is 4.68 Å². The molecule has 74 valence electrons. The number of aliphatic hydroxyl groups is 1. The van der Waals surface area contributed by atoms with Gasteiger partial charge in [-0.15, -0.1) is 0 Å². The highest BCUT2D eigenvalue weighted by Crippen LogP contribution is 2.06. The van der Waals surface area contributed by atoms with Crippen molar-refractivity contribution >= 4 is 0 Å². The van der Waals surface area contributed by atoms with E-state index in [9.17, 15) is 5.11 Å². The Hall–Kier alpha value is -0.830. The zero-order valence-corrected chi connectivity index (χ0v) is 8.57. The predicted molar refractivity (Wildman–Crippen MR) is 52.4 cm³/mol. The lowest BCUT2D eigenvalue weighted by Gasteiger charge is -2.10. The molecule has 0 fully saturated rings. The SMILES string of the molecule is CC(C)Cn1nccc1C[C@H](C)O. The highest BCUT2D eigenvalue weighted by molar-refractivity contribution is 5.01. The first-order chi connectivity index (χ1) is 6.09. The maximum Gasteiger partial charge on any atom is 0.0567 e. The topological polar surface area (TPSA) is 38.0 Å². The minimum atomic E-state index is -0.289. The molecule has 0 unspecified atom stereocenters. The molecule has 3 heteroatoms. The summed E-state index contributed by atoms with van der Waals surface area (Å²) >= 11 is 0.